The van der Waals surface area contributed by atoms with Crippen molar-refractivity contribution < 1.29 is 19.1 Å². The van der Waals surface area contributed by atoms with E-state index in [1.807, 2.05) is 63.4 Å². The van der Waals surface area contributed by atoms with Gasteiger partial charge in [-0.15, -0.1) is 0 Å². The first-order valence-corrected chi connectivity index (χ1v) is 10.7. The fraction of sp³-hybridized carbons (Fsp3) is 0.458. The highest BCUT2D eigenvalue weighted by molar-refractivity contribution is 5.80. The zero-order valence-electron chi connectivity index (χ0n) is 18.7. The maximum Gasteiger partial charge on any atom is 0.410 e. The lowest BCUT2D eigenvalue weighted by Gasteiger charge is -2.35. The van der Waals surface area contributed by atoms with Crippen LogP contribution in [0.3, 0.4) is 0 Å². The van der Waals surface area contributed by atoms with Crippen LogP contribution in [0, 0.1) is 5.92 Å². The van der Waals surface area contributed by atoms with Gasteiger partial charge in [-0.2, -0.15) is 0 Å². The molecule has 2 heterocycles. The Morgan fingerprint density at radius 3 is 2.48 bits per heavy atom. The predicted octanol–water partition coefficient (Wildman–Crippen LogP) is 3.90. The van der Waals surface area contributed by atoms with E-state index in [-0.39, 0.29) is 30.1 Å². The summed E-state index contributed by atoms with van der Waals surface area (Å²) in [5.74, 6) is 0.636. The molecule has 1 unspecified atom stereocenters. The van der Waals surface area contributed by atoms with Gasteiger partial charge in [-0.05, 0) is 56.5 Å². The molecule has 1 aliphatic rings. The van der Waals surface area contributed by atoms with Crippen molar-refractivity contribution in [3.63, 3.8) is 0 Å². The van der Waals surface area contributed by atoms with Gasteiger partial charge in [0.1, 0.15) is 5.75 Å². The van der Waals surface area contributed by atoms with Crippen LogP contribution in [0.5, 0.6) is 5.75 Å². The average Bonchev–Trinajstić information content (AvgIpc) is 2.79. The monoisotopic (exact) mass is 425 g/mol. The molecule has 31 heavy (non-hydrogen) atoms. The maximum absolute atomic E-state index is 13.4. The summed E-state index contributed by atoms with van der Waals surface area (Å²) >= 11 is 0. The summed E-state index contributed by atoms with van der Waals surface area (Å²) in [6.45, 7) is 4.70. The Bertz CT molecular complexity index is 879. The number of likely N-dealkylation sites (tertiary alicyclic amines) is 1. The van der Waals surface area contributed by atoms with Crippen LogP contribution in [0.25, 0.3) is 0 Å². The molecule has 1 aliphatic heterocycles. The second-order valence-corrected chi connectivity index (χ2v) is 8.08. The van der Waals surface area contributed by atoms with Crippen molar-refractivity contribution in [3.8, 4) is 5.75 Å². The number of aromatic nitrogens is 1. The van der Waals surface area contributed by atoms with Crippen LogP contribution in [0.4, 0.5) is 4.79 Å². The summed E-state index contributed by atoms with van der Waals surface area (Å²) in [6, 6.07) is 13.1. The predicted molar refractivity (Wildman–Crippen MR) is 118 cm³/mol. The van der Waals surface area contributed by atoms with Crippen molar-refractivity contribution in [1.29, 1.82) is 0 Å². The molecule has 3 rings (SSSR count). The highest BCUT2D eigenvalue weighted by atomic mass is 16.6. The number of amides is 2. The number of carbonyl (C=O) groups is 2. The molecule has 1 aromatic carbocycles. The number of pyridine rings is 1. The molecule has 1 atom stereocenters. The van der Waals surface area contributed by atoms with Gasteiger partial charge < -0.3 is 19.3 Å². The minimum absolute atomic E-state index is 0.0512. The Morgan fingerprint density at radius 1 is 1.13 bits per heavy atom. The summed E-state index contributed by atoms with van der Waals surface area (Å²) in [5.41, 5.74) is 1.73. The van der Waals surface area contributed by atoms with Gasteiger partial charge in [0.2, 0.25) is 5.91 Å². The standard InChI is InChI=1S/C24H31N3O4/c1-17(2)31-24(29)27-14-11-18(12-15-27)23(28)26(3)22(21-10-5-6-13-25-21)19-8-7-9-20(16-19)30-4/h5-10,13,16-18,22H,11-12,14-15H2,1-4H3. The summed E-state index contributed by atoms with van der Waals surface area (Å²) in [4.78, 5) is 33.5. The molecule has 0 radical (unpaired) electrons. The van der Waals surface area contributed by atoms with Crippen LogP contribution in [0.1, 0.15) is 44.0 Å². The smallest absolute Gasteiger partial charge is 0.410 e. The van der Waals surface area contributed by atoms with Crippen LogP contribution in [-0.4, -0.2) is 60.1 Å². The Morgan fingerprint density at radius 2 is 1.87 bits per heavy atom. The first-order valence-electron chi connectivity index (χ1n) is 10.7. The summed E-state index contributed by atoms with van der Waals surface area (Å²) < 4.78 is 10.7. The first-order chi connectivity index (χ1) is 14.9. The molecule has 2 amide bonds. The van der Waals surface area contributed by atoms with Crippen LogP contribution in [-0.2, 0) is 9.53 Å². The molecule has 7 nitrogen and oxygen atoms in total. The van der Waals surface area contributed by atoms with Crippen LogP contribution < -0.4 is 4.74 Å². The largest absolute Gasteiger partial charge is 0.497 e. The summed E-state index contributed by atoms with van der Waals surface area (Å²) in [6.07, 6.45) is 2.50. The molecule has 0 saturated carbocycles. The molecule has 0 bridgehead atoms. The third-order valence-corrected chi connectivity index (χ3v) is 5.55. The van der Waals surface area contributed by atoms with Crippen molar-refractivity contribution in [2.24, 2.45) is 5.92 Å². The second-order valence-electron chi connectivity index (χ2n) is 8.08. The first kappa shape index (κ1) is 22.6. The molecule has 1 saturated heterocycles. The third-order valence-electron chi connectivity index (χ3n) is 5.55. The van der Waals surface area contributed by atoms with Gasteiger partial charge in [0.15, 0.2) is 0 Å². The minimum Gasteiger partial charge on any atom is -0.497 e. The zero-order valence-corrected chi connectivity index (χ0v) is 18.7. The van der Waals surface area contributed by atoms with E-state index in [1.54, 1.807) is 23.1 Å². The molecular weight excluding hydrogens is 394 g/mol. The van der Waals surface area contributed by atoms with Crippen molar-refractivity contribution >= 4 is 12.0 Å². The molecule has 1 aromatic heterocycles. The third kappa shape index (κ3) is 5.54. The minimum atomic E-state index is -0.326. The molecule has 0 aliphatic carbocycles. The number of methoxy groups -OCH3 is 1. The Balaban J connectivity index is 1.76. The Labute approximate surface area is 184 Å². The van der Waals surface area contributed by atoms with Gasteiger partial charge in [0.05, 0.1) is 24.9 Å². The fourth-order valence-electron chi connectivity index (χ4n) is 3.94. The van der Waals surface area contributed by atoms with Gasteiger partial charge in [-0.1, -0.05) is 18.2 Å². The van der Waals surface area contributed by atoms with Crippen LogP contribution in [0.2, 0.25) is 0 Å². The van der Waals surface area contributed by atoms with Crippen molar-refractivity contribution in [2.75, 3.05) is 27.2 Å². The fourth-order valence-corrected chi connectivity index (χ4v) is 3.94. The quantitative estimate of drug-likeness (QED) is 0.702. The number of nitrogens with zero attached hydrogens (tertiary/aromatic N) is 3. The molecule has 0 N–H and O–H groups in total. The topological polar surface area (TPSA) is 72.0 Å². The average molecular weight is 426 g/mol. The van der Waals surface area contributed by atoms with E-state index in [2.05, 4.69) is 4.98 Å². The highest BCUT2D eigenvalue weighted by Crippen LogP contribution is 2.31. The molecular formula is C24H31N3O4. The van der Waals surface area contributed by atoms with Crippen LogP contribution >= 0.6 is 0 Å². The number of benzene rings is 1. The van der Waals surface area contributed by atoms with Crippen molar-refractivity contribution in [1.82, 2.24) is 14.8 Å². The van der Waals surface area contributed by atoms with Gasteiger partial charge >= 0.3 is 6.09 Å². The lowest BCUT2D eigenvalue weighted by Crippen LogP contribution is -2.45. The Kier molecular flexibility index (Phi) is 7.50. The maximum atomic E-state index is 13.4. The van der Waals surface area contributed by atoms with Crippen molar-refractivity contribution in [3.05, 3.63) is 59.9 Å². The van der Waals surface area contributed by atoms with Gasteiger partial charge in [0, 0.05) is 32.3 Å². The van der Waals surface area contributed by atoms with Gasteiger partial charge in [-0.25, -0.2) is 4.79 Å². The summed E-state index contributed by atoms with van der Waals surface area (Å²) in [7, 11) is 3.45. The van der Waals surface area contributed by atoms with E-state index in [0.717, 1.165) is 17.0 Å². The molecule has 0 spiro atoms. The lowest BCUT2D eigenvalue weighted by molar-refractivity contribution is -0.137. The number of carbonyl (C=O) groups excluding carboxylic acids is 2. The number of piperidine rings is 1. The Hall–Kier alpha value is -3.09. The van der Waals surface area contributed by atoms with Gasteiger partial charge in [-0.3, -0.25) is 9.78 Å². The van der Waals surface area contributed by atoms with E-state index in [4.69, 9.17) is 9.47 Å². The van der Waals surface area contributed by atoms with E-state index >= 15 is 0 Å². The lowest BCUT2D eigenvalue weighted by atomic mass is 9.93. The molecule has 7 heteroatoms. The molecule has 166 valence electrons. The second kappa shape index (κ2) is 10.3. The molecule has 2 aromatic rings. The van der Waals surface area contributed by atoms with Crippen LogP contribution in [0.15, 0.2) is 48.7 Å². The number of hydrogen-bond donors (Lipinski definition) is 0. The van der Waals surface area contributed by atoms with E-state index in [9.17, 15) is 9.59 Å². The van der Waals surface area contributed by atoms with Crippen molar-refractivity contribution in [2.45, 2.75) is 38.8 Å². The van der Waals surface area contributed by atoms with Gasteiger partial charge in [0.25, 0.3) is 0 Å². The normalized spacial score (nSPS) is 15.5. The SMILES string of the molecule is COc1cccc(C(c2ccccn2)N(C)C(=O)C2CCN(C(=O)OC(C)C)CC2)c1. The summed E-state index contributed by atoms with van der Waals surface area (Å²) in [5, 5.41) is 0. The molecule has 1 fully saturated rings. The number of ether oxygens (including phenoxy) is 2. The highest BCUT2D eigenvalue weighted by Gasteiger charge is 2.33. The number of rotatable bonds is 6. The van der Waals surface area contributed by atoms with E-state index in [0.29, 0.717) is 25.9 Å². The van der Waals surface area contributed by atoms with E-state index in [1.165, 1.54) is 0 Å². The van der Waals surface area contributed by atoms with E-state index < -0.39 is 0 Å². The number of hydrogen-bond acceptors (Lipinski definition) is 5. The zero-order chi connectivity index (χ0) is 22.4.